The van der Waals surface area contributed by atoms with Crippen molar-refractivity contribution in [1.29, 1.82) is 0 Å². The molecule has 0 atom stereocenters. The van der Waals surface area contributed by atoms with Crippen LogP contribution in [-0.4, -0.2) is 18.6 Å². The van der Waals surface area contributed by atoms with Gasteiger partial charge in [-0.2, -0.15) is 0 Å². The van der Waals surface area contributed by atoms with E-state index in [-0.39, 0.29) is 11.9 Å². The Labute approximate surface area is 110 Å². The van der Waals surface area contributed by atoms with Gasteiger partial charge in [-0.1, -0.05) is 23.8 Å². The second-order valence-corrected chi connectivity index (χ2v) is 4.95. The van der Waals surface area contributed by atoms with Crippen LogP contribution >= 0.6 is 0 Å². The van der Waals surface area contributed by atoms with Gasteiger partial charge in [0, 0.05) is 12.5 Å². The van der Waals surface area contributed by atoms with E-state index in [1.54, 1.807) is 0 Å². The van der Waals surface area contributed by atoms with E-state index in [9.17, 15) is 4.79 Å². The lowest BCUT2D eigenvalue weighted by Gasteiger charge is -2.10. The molecule has 0 radical (unpaired) electrons. The highest BCUT2D eigenvalue weighted by molar-refractivity contribution is 5.76. The highest BCUT2D eigenvalue weighted by Gasteiger charge is 2.03. The van der Waals surface area contributed by atoms with Gasteiger partial charge in [0.2, 0.25) is 5.91 Å². The fourth-order valence-electron chi connectivity index (χ4n) is 1.75. The minimum atomic E-state index is 0.0469. The largest absolute Gasteiger partial charge is 0.376 e. The number of nitrogens with one attached hydrogen (secondary N) is 1. The van der Waals surface area contributed by atoms with E-state index < -0.39 is 0 Å². The average Bonchev–Trinajstić information content (AvgIpc) is 2.25. The van der Waals surface area contributed by atoms with Gasteiger partial charge in [-0.25, -0.2) is 0 Å². The normalized spacial score (nSPS) is 10.7. The molecular weight excluding hydrogens is 226 g/mol. The van der Waals surface area contributed by atoms with Crippen molar-refractivity contribution in [3.8, 4) is 0 Å². The standard InChI is InChI=1S/C15H23NO2/c1-11(2)16-15(17)7-8-18-10-14-6-5-12(3)9-13(14)4/h5-6,9,11H,7-8,10H2,1-4H3,(H,16,17). The number of carbonyl (C=O) groups is 1. The van der Waals surface area contributed by atoms with E-state index in [4.69, 9.17) is 4.74 Å². The van der Waals surface area contributed by atoms with Crippen LogP contribution < -0.4 is 5.32 Å². The number of amides is 1. The molecule has 0 saturated carbocycles. The van der Waals surface area contributed by atoms with E-state index >= 15 is 0 Å². The molecule has 1 aromatic carbocycles. The summed E-state index contributed by atoms with van der Waals surface area (Å²) in [5.41, 5.74) is 3.68. The van der Waals surface area contributed by atoms with Crippen molar-refractivity contribution >= 4 is 5.91 Å². The SMILES string of the molecule is Cc1ccc(COCCC(=O)NC(C)C)c(C)c1. The molecule has 0 aliphatic heterocycles. The second-order valence-electron chi connectivity index (χ2n) is 4.95. The van der Waals surface area contributed by atoms with Crippen molar-refractivity contribution < 1.29 is 9.53 Å². The third kappa shape index (κ3) is 5.32. The Morgan fingerprint density at radius 3 is 2.67 bits per heavy atom. The van der Waals surface area contributed by atoms with Gasteiger partial charge >= 0.3 is 0 Å². The van der Waals surface area contributed by atoms with Crippen LogP contribution in [0.3, 0.4) is 0 Å². The Bertz CT molecular complexity index is 399. The number of hydrogen-bond donors (Lipinski definition) is 1. The molecule has 1 rings (SSSR count). The molecule has 0 bridgehead atoms. The molecule has 1 aromatic rings. The van der Waals surface area contributed by atoms with E-state index in [2.05, 4.69) is 37.4 Å². The third-order valence-electron chi connectivity index (χ3n) is 2.68. The quantitative estimate of drug-likeness (QED) is 0.787. The predicted molar refractivity (Wildman–Crippen MR) is 73.5 cm³/mol. The first-order chi connectivity index (χ1) is 8.49. The van der Waals surface area contributed by atoms with Crippen LogP contribution in [0.15, 0.2) is 18.2 Å². The van der Waals surface area contributed by atoms with Gasteiger partial charge in [0.05, 0.1) is 13.2 Å². The molecule has 0 aromatic heterocycles. The number of benzene rings is 1. The number of hydrogen-bond acceptors (Lipinski definition) is 2. The van der Waals surface area contributed by atoms with Crippen LogP contribution in [0.25, 0.3) is 0 Å². The predicted octanol–water partition coefficient (Wildman–Crippen LogP) is 2.73. The van der Waals surface area contributed by atoms with E-state index in [0.717, 1.165) is 0 Å². The average molecular weight is 249 g/mol. The topological polar surface area (TPSA) is 38.3 Å². The van der Waals surface area contributed by atoms with Gasteiger partial charge in [-0.3, -0.25) is 4.79 Å². The Balaban J connectivity index is 2.27. The van der Waals surface area contributed by atoms with Gasteiger partial charge < -0.3 is 10.1 Å². The van der Waals surface area contributed by atoms with Crippen molar-refractivity contribution in [1.82, 2.24) is 5.32 Å². The highest BCUT2D eigenvalue weighted by Crippen LogP contribution is 2.11. The molecule has 1 N–H and O–H groups in total. The maximum absolute atomic E-state index is 11.4. The molecule has 0 unspecified atom stereocenters. The lowest BCUT2D eigenvalue weighted by Crippen LogP contribution is -2.30. The summed E-state index contributed by atoms with van der Waals surface area (Å²) >= 11 is 0. The van der Waals surface area contributed by atoms with Crippen LogP contribution in [-0.2, 0) is 16.1 Å². The molecule has 0 saturated heterocycles. The zero-order valence-electron chi connectivity index (χ0n) is 11.7. The summed E-state index contributed by atoms with van der Waals surface area (Å²) in [6, 6.07) is 6.50. The van der Waals surface area contributed by atoms with Crippen molar-refractivity contribution in [2.24, 2.45) is 0 Å². The number of rotatable bonds is 6. The molecule has 3 heteroatoms. The summed E-state index contributed by atoms with van der Waals surface area (Å²) in [4.78, 5) is 11.4. The zero-order valence-corrected chi connectivity index (χ0v) is 11.7. The summed E-state index contributed by atoms with van der Waals surface area (Å²) in [7, 11) is 0. The number of ether oxygens (including phenoxy) is 1. The summed E-state index contributed by atoms with van der Waals surface area (Å²) in [6.07, 6.45) is 0.420. The number of aryl methyl sites for hydroxylation is 2. The van der Waals surface area contributed by atoms with Gasteiger partial charge in [0.1, 0.15) is 0 Å². The lowest BCUT2D eigenvalue weighted by molar-refractivity contribution is -0.122. The van der Waals surface area contributed by atoms with Crippen LogP contribution in [0.2, 0.25) is 0 Å². The molecule has 18 heavy (non-hydrogen) atoms. The van der Waals surface area contributed by atoms with Gasteiger partial charge in [0.15, 0.2) is 0 Å². The molecule has 0 aliphatic carbocycles. The molecule has 0 aliphatic rings. The minimum absolute atomic E-state index is 0.0469. The Morgan fingerprint density at radius 2 is 2.06 bits per heavy atom. The fourth-order valence-corrected chi connectivity index (χ4v) is 1.75. The maximum atomic E-state index is 11.4. The van der Waals surface area contributed by atoms with Gasteiger partial charge in [-0.15, -0.1) is 0 Å². The van der Waals surface area contributed by atoms with Crippen LogP contribution in [0.4, 0.5) is 0 Å². The molecule has 0 fully saturated rings. The smallest absolute Gasteiger partial charge is 0.222 e. The Morgan fingerprint density at radius 1 is 1.33 bits per heavy atom. The fraction of sp³-hybridized carbons (Fsp3) is 0.533. The summed E-state index contributed by atoms with van der Waals surface area (Å²) < 4.78 is 5.53. The van der Waals surface area contributed by atoms with Crippen LogP contribution in [0, 0.1) is 13.8 Å². The third-order valence-corrected chi connectivity index (χ3v) is 2.68. The van der Waals surface area contributed by atoms with Crippen molar-refractivity contribution in [2.45, 2.75) is 46.8 Å². The van der Waals surface area contributed by atoms with Crippen molar-refractivity contribution in [2.75, 3.05) is 6.61 Å². The first-order valence-electron chi connectivity index (χ1n) is 6.42. The summed E-state index contributed by atoms with van der Waals surface area (Å²) in [5, 5.41) is 2.84. The first-order valence-corrected chi connectivity index (χ1v) is 6.42. The second kappa shape index (κ2) is 7.17. The molecule has 1 amide bonds. The lowest BCUT2D eigenvalue weighted by atomic mass is 10.1. The van der Waals surface area contributed by atoms with Crippen LogP contribution in [0.1, 0.15) is 37.0 Å². The van der Waals surface area contributed by atoms with Crippen molar-refractivity contribution in [3.63, 3.8) is 0 Å². The maximum Gasteiger partial charge on any atom is 0.222 e. The highest BCUT2D eigenvalue weighted by atomic mass is 16.5. The molecule has 0 heterocycles. The molecule has 0 spiro atoms. The zero-order chi connectivity index (χ0) is 13.5. The molecule has 3 nitrogen and oxygen atoms in total. The monoisotopic (exact) mass is 249 g/mol. The Hall–Kier alpha value is -1.35. The summed E-state index contributed by atoms with van der Waals surface area (Å²) in [5.74, 6) is 0.0469. The van der Waals surface area contributed by atoms with Gasteiger partial charge in [0.25, 0.3) is 0 Å². The van der Waals surface area contributed by atoms with E-state index in [0.29, 0.717) is 19.6 Å². The minimum Gasteiger partial charge on any atom is -0.376 e. The molecular formula is C15H23NO2. The first kappa shape index (κ1) is 14.7. The number of carbonyl (C=O) groups excluding carboxylic acids is 1. The summed E-state index contributed by atoms with van der Waals surface area (Å²) in [6.45, 7) is 9.10. The van der Waals surface area contributed by atoms with Crippen molar-refractivity contribution in [3.05, 3.63) is 34.9 Å². The van der Waals surface area contributed by atoms with E-state index in [1.807, 2.05) is 13.8 Å². The Kier molecular flexibility index (Phi) is 5.86. The van der Waals surface area contributed by atoms with Crippen LogP contribution in [0.5, 0.6) is 0 Å². The molecule has 100 valence electrons. The van der Waals surface area contributed by atoms with E-state index in [1.165, 1.54) is 16.7 Å². The van der Waals surface area contributed by atoms with Gasteiger partial charge in [-0.05, 0) is 38.8 Å².